The van der Waals surface area contributed by atoms with E-state index in [1.807, 2.05) is 12.1 Å². The molecule has 0 aliphatic carbocycles. The monoisotopic (exact) mass is 485 g/mol. The summed E-state index contributed by atoms with van der Waals surface area (Å²) in [5.74, 6) is 1.19. The molecule has 5 aromatic carbocycles. The number of phenolic OH excluding ortho intramolecular Hbond substituents is 1. The highest BCUT2D eigenvalue weighted by Gasteiger charge is 2.15. The Labute approximate surface area is 220 Å². The number of rotatable bonds is 6. The summed E-state index contributed by atoms with van der Waals surface area (Å²) >= 11 is 0. The second-order valence-corrected chi connectivity index (χ2v) is 10.4. The summed E-state index contributed by atoms with van der Waals surface area (Å²) in [7, 11) is 0. The van der Waals surface area contributed by atoms with Gasteiger partial charge < -0.3 is 10.8 Å². The van der Waals surface area contributed by atoms with Crippen molar-refractivity contribution in [3.05, 3.63) is 108 Å². The Hall–Kier alpha value is -4.04. The third-order valence-electron chi connectivity index (χ3n) is 7.66. The van der Waals surface area contributed by atoms with Crippen molar-refractivity contribution in [3.63, 3.8) is 0 Å². The Bertz CT molecular complexity index is 1580. The van der Waals surface area contributed by atoms with Gasteiger partial charge in [0, 0.05) is 22.4 Å². The molecule has 0 bridgehead atoms. The second-order valence-electron chi connectivity index (χ2n) is 10.4. The van der Waals surface area contributed by atoms with Crippen molar-refractivity contribution in [1.29, 1.82) is 0 Å². The van der Waals surface area contributed by atoms with Crippen molar-refractivity contribution in [2.45, 2.75) is 46.0 Å². The molecule has 2 nitrogen and oxygen atoms in total. The van der Waals surface area contributed by atoms with Crippen molar-refractivity contribution in [1.82, 2.24) is 0 Å². The zero-order valence-electron chi connectivity index (χ0n) is 22.1. The average Bonchev–Trinajstić information content (AvgIpc) is 2.92. The van der Waals surface area contributed by atoms with Crippen LogP contribution in [-0.2, 0) is 0 Å². The van der Waals surface area contributed by atoms with Crippen molar-refractivity contribution in [2.24, 2.45) is 0 Å². The standard InChI is InChI=1S/C35H35NO/c1-5-23(4)26-17-18-34(37)33(20-26)31-14-7-9-24-15-16-28(21-32(24)31)30-13-8-12-29(35(30)36)27-11-6-10-25(19-27)22(2)3/h6-23,37H,5,36H2,1-4H3. The Balaban J connectivity index is 1.65. The fourth-order valence-electron chi connectivity index (χ4n) is 5.12. The molecule has 186 valence electrons. The van der Waals surface area contributed by atoms with Gasteiger partial charge in [0.25, 0.3) is 0 Å². The average molecular weight is 486 g/mol. The van der Waals surface area contributed by atoms with Crippen molar-refractivity contribution in [3.8, 4) is 39.1 Å². The molecule has 0 radical (unpaired) electrons. The van der Waals surface area contributed by atoms with Gasteiger partial charge in [-0.3, -0.25) is 0 Å². The normalized spacial score (nSPS) is 12.2. The third kappa shape index (κ3) is 4.72. The minimum atomic E-state index is 0.302. The summed E-state index contributed by atoms with van der Waals surface area (Å²) in [6.07, 6.45) is 1.06. The van der Waals surface area contributed by atoms with Gasteiger partial charge in [0.2, 0.25) is 0 Å². The van der Waals surface area contributed by atoms with Crippen LogP contribution in [0.2, 0.25) is 0 Å². The van der Waals surface area contributed by atoms with Gasteiger partial charge in [-0.05, 0) is 75.0 Å². The number of phenols is 1. The molecule has 0 saturated carbocycles. The Morgan fingerprint density at radius 2 is 1.32 bits per heavy atom. The van der Waals surface area contributed by atoms with E-state index >= 15 is 0 Å². The van der Waals surface area contributed by atoms with Crippen molar-refractivity contribution >= 4 is 16.5 Å². The second kappa shape index (κ2) is 10.1. The molecule has 3 N–H and O–H groups in total. The molecule has 5 rings (SSSR count). The van der Waals surface area contributed by atoms with E-state index in [0.717, 1.165) is 56.3 Å². The Morgan fingerprint density at radius 1 is 0.649 bits per heavy atom. The van der Waals surface area contributed by atoms with Gasteiger partial charge in [-0.25, -0.2) is 0 Å². The summed E-state index contributed by atoms with van der Waals surface area (Å²) in [6, 6.07) is 33.7. The summed E-state index contributed by atoms with van der Waals surface area (Å²) in [5, 5.41) is 13.1. The van der Waals surface area contributed by atoms with Gasteiger partial charge in [-0.15, -0.1) is 0 Å². The Morgan fingerprint density at radius 3 is 2.05 bits per heavy atom. The van der Waals surface area contributed by atoms with E-state index in [4.69, 9.17) is 5.73 Å². The third-order valence-corrected chi connectivity index (χ3v) is 7.66. The Kier molecular flexibility index (Phi) is 6.76. The first-order chi connectivity index (χ1) is 17.9. The highest BCUT2D eigenvalue weighted by Crippen LogP contribution is 2.40. The first-order valence-corrected chi connectivity index (χ1v) is 13.2. The zero-order valence-corrected chi connectivity index (χ0v) is 22.1. The van der Waals surface area contributed by atoms with Gasteiger partial charge in [0.05, 0.1) is 0 Å². The molecular formula is C35H35NO. The predicted molar refractivity (Wildman–Crippen MR) is 159 cm³/mol. The molecule has 0 heterocycles. The molecule has 0 saturated heterocycles. The van der Waals surface area contributed by atoms with Crippen LogP contribution in [0.4, 0.5) is 5.69 Å². The van der Waals surface area contributed by atoms with E-state index < -0.39 is 0 Å². The van der Waals surface area contributed by atoms with Gasteiger partial charge in [-0.2, -0.15) is 0 Å². The minimum absolute atomic E-state index is 0.302. The van der Waals surface area contributed by atoms with Crippen LogP contribution in [0.25, 0.3) is 44.2 Å². The van der Waals surface area contributed by atoms with Crippen LogP contribution in [0, 0.1) is 0 Å². The highest BCUT2D eigenvalue weighted by molar-refractivity contribution is 6.01. The molecule has 5 aromatic rings. The number of hydrogen-bond acceptors (Lipinski definition) is 2. The lowest BCUT2D eigenvalue weighted by molar-refractivity contribution is 0.477. The van der Waals surface area contributed by atoms with Gasteiger partial charge >= 0.3 is 0 Å². The fraction of sp³-hybridized carbons (Fsp3) is 0.200. The van der Waals surface area contributed by atoms with E-state index in [1.54, 1.807) is 0 Å². The smallest absolute Gasteiger partial charge is 0.123 e. The molecule has 0 fully saturated rings. The molecular weight excluding hydrogens is 450 g/mol. The first-order valence-electron chi connectivity index (χ1n) is 13.2. The van der Waals surface area contributed by atoms with E-state index in [1.165, 1.54) is 11.1 Å². The number of hydrogen-bond donors (Lipinski definition) is 2. The van der Waals surface area contributed by atoms with Gasteiger partial charge in [0.1, 0.15) is 5.75 Å². The summed E-state index contributed by atoms with van der Waals surface area (Å²) in [5.41, 5.74) is 16.3. The first kappa shape index (κ1) is 24.6. The maximum Gasteiger partial charge on any atom is 0.123 e. The predicted octanol–water partition coefficient (Wildman–Crippen LogP) is 9.77. The van der Waals surface area contributed by atoms with Crippen LogP contribution in [0.1, 0.15) is 57.1 Å². The minimum Gasteiger partial charge on any atom is -0.507 e. The van der Waals surface area contributed by atoms with Crippen LogP contribution < -0.4 is 5.73 Å². The largest absolute Gasteiger partial charge is 0.507 e. The van der Waals surface area contributed by atoms with Crippen LogP contribution in [0.3, 0.4) is 0 Å². The van der Waals surface area contributed by atoms with E-state index in [9.17, 15) is 5.11 Å². The van der Waals surface area contributed by atoms with E-state index in [0.29, 0.717) is 17.6 Å². The molecule has 0 amide bonds. The van der Waals surface area contributed by atoms with Gasteiger partial charge in [-0.1, -0.05) is 107 Å². The van der Waals surface area contributed by atoms with Crippen LogP contribution in [0.5, 0.6) is 5.75 Å². The SMILES string of the molecule is CCC(C)c1ccc(O)c(-c2cccc3ccc(-c4cccc(-c5cccc(C(C)C)c5)c4N)cc23)c1. The number of aromatic hydroxyl groups is 1. The molecule has 37 heavy (non-hydrogen) atoms. The lowest BCUT2D eigenvalue weighted by Gasteiger charge is -2.16. The number of benzene rings is 5. The van der Waals surface area contributed by atoms with Crippen LogP contribution >= 0.6 is 0 Å². The molecule has 1 atom stereocenters. The number of fused-ring (bicyclic) bond motifs is 1. The summed E-state index contributed by atoms with van der Waals surface area (Å²) in [6.45, 7) is 8.84. The number of nitrogen functional groups attached to an aromatic ring is 1. The number of nitrogens with two attached hydrogens (primary N) is 1. The lowest BCUT2D eigenvalue weighted by Crippen LogP contribution is -1.96. The molecule has 0 aliphatic heterocycles. The molecule has 0 aromatic heterocycles. The van der Waals surface area contributed by atoms with Gasteiger partial charge in [0.15, 0.2) is 0 Å². The highest BCUT2D eigenvalue weighted by atomic mass is 16.3. The van der Waals surface area contributed by atoms with E-state index in [-0.39, 0.29) is 0 Å². The molecule has 2 heteroatoms. The number of anilines is 1. The van der Waals surface area contributed by atoms with Crippen molar-refractivity contribution in [2.75, 3.05) is 5.73 Å². The summed E-state index contributed by atoms with van der Waals surface area (Å²) in [4.78, 5) is 0. The maximum absolute atomic E-state index is 10.8. The molecule has 1 unspecified atom stereocenters. The molecule has 0 spiro atoms. The molecule has 0 aliphatic rings. The zero-order chi connectivity index (χ0) is 26.1. The van der Waals surface area contributed by atoms with Crippen LogP contribution in [0.15, 0.2) is 97.1 Å². The quantitative estimate of drug-likeness (QED) is 0.235. The lowest BCUT2D eigenvalue weighted by atomic mass is 9.90. The summed E-state index contributed by atoms with van der Waals surface area (Å²) < 4.78 is 0. The van der Waals surface area contributed by atoms with Crippen molar-refractivity contribution < 1.29 is 5.11 Å². The number of para-hydroxylation sites is 1. The van der Waals surface area contributed by atoms with E-state index in [2.05, 4.69) is 113 Å². The fourth-order valence-corrected chi connectivity index (χ4v) is 5.12. The topological polar surface area (TPSA) is 46.2 Å². The van der Waals surface area contributed by atoms with Crippen LogP contribution in [-0.4, -0.2) is 5.11 Å². The maximum atomic E-state index is 10.8.